The molecule has 0 saturated heterocycles. The summed E-state index contributed by atoms with van der Waals surface area (Å²) in [4.78, 5) is 43.1. The number of aromatic nitrogens is 2. The molecule has 8 nitrogen and oxygen atoms in total. The number of carbonyl (C=O) groups is 2. The average Bonchev–Trinajstić information content (AvgIpc) is 3.17. The molecule has 0 fully saturated rings. The lowest BCUT2D eigenvalue weighted by Gasteiger charge is -2.31. The Kier molecular flexibility index (Phi) is 5.25. The molecule has 0 bridgehead atoms. The molecule has 0 saturated carbocycles. The molecule has 1 N–H and O–H groups in total. The van der Waals surface area contributed by atoms with Crippen LogP contribution in [0.5, 0.6) is 0 Å². The van der Waals surface area contributed by atoms with Crippen molar-refractivity contribution >= 4 is 34.6 Å². The highest BCUT2D eigenvalue weighted by Crippen LogP contribution is 2.39. The number of cyclic esters (lactones) is 1. The molecule has 0 aliphatic carbocycles. The van der Waals surface area contributed by atoms with Gasteiger partial charge in [0.2, 0.25) is 0 Å². The Balaban J connectivity index is 1.61. The number of fused-ring (bicyclic) bond motifs is 5. The summed E-state index contributed by atoms with van der Waals surface area (Å²) >= 11 is 1.38. The highest BCUT2D eigenvalue weighted by molar-refractivity contribution is 8.00. The minimum absolute atomic E-state index is 0.0980. The van der Waals surface area contributed by atoms with Crippen molar-refractivity contribution < 1.29 is 24.2 Å². The largest absolute Gasteiger partial charge is 0.465 e. The molecule has 0 amide bonds. The van der Waals surface area contributed by atoms with Gasteiger partial charge in [0.25, 0.3) is 5.56 Å². The van der Waals surface area contributed by atoms with Crippen molar-refractivity contribution in [3.05, 3.63) is 57.4 Å². The van der Waals surface area contributed by atoms with Gasteiger partial charge in [0.1, 0.15) is 6.61 Å². The summed E-state index contributed by atoms with van der Waals surface area (Å²) in [5.74, 6) is -0.826. The lowest BCUT2D eigenvalue weighted by Crippen LogP contribution is -2.44. The second-order valence-corrected chi connectivity index (χ2v) is 9.03. The third kappa shape index (κ3) is 3.34. The van der Waals surface area contributed by atoms with E-state index >= 15 is 0 Å². The van der Waals surface area contributed by atoms with Gasteiger partial charge in [-0.2, -0.15) is 0 Å². The first-order valence-electron chi connectivity index (χ1n) is 10.8. The Morgan fingerprint density at radius 3 is 2.88 bits per heavy atom. The fourth-order valence-electron chi connectivity index (χ4n) is 4.44. The number of ether oxygens (including phenoxy) is 2. The number of pyridine rings is 2. The predicted octanol–water partition coefficient (Wildman–Crippen LogP) is 2.73. The van der Waals surface area contributed by atoms with E-state index in [1.165, 1.54) is 11.8 Å². The summed E-state index contributed by atoms with van der Waals surface area (Å²) < 4.78 is 11.7. The van der Waals surface area contributed by atoms with E-state index in [0.29, 0.717) is 35.7 Å². The molecule has 9 heteroatoms. The Hall–Kier alpha value is -3.17. The van der Waals surface area contributed by atoms with E-state index in [0.717, 1.165) is 21.4 Å². The van der Waals surface area contributed by atoms with E-state index in [-0.39, 0.29) is 30.3 Å². The van der Waals surface area contributed by atoms with Crippen LogP contribution in [-0.4, -0.2) is 39.0 Å². The molecule has 5 rings (SSSR count). The van der Waals surface area contributed by atoms with Crippen LogP contribution in [0.4, 0.5) is 0 Å². The summed E-state index contributed by atoms with van der Waals surface area (Å²) in [6.07, 6.45) is 0.0980. The third-order valence-electron chi connectivity index (χ3n) is 6.16. The van der Waals surface area contributed by atoms with Crippen LogP contribution in [-0.2, 0) is 37.8 Å². The summed E-state index contributed by atoms with van der Waals surface area (Å²) in [5.41, 5.74) is 1.26. The van der Waals surface area contributed by atoms with Crippen molar-refractivity contribution in [3.8, 4) is 11.4 Å². The van der Waals surface area contributed by atoms with Gasteiger partial charge >= 0.3 is 11.9 Å². The first kappa shape index (κ1) is 21.7. The summed E-state index contributed by atoms with van der Waals surface area (Å²) in [5, 5.41) is 11.9. The summed E-state index contributed by atoms with van der Waals surface area (Å²) in [7, 11) is 0. The lowest BCUT2D eigenvalue weighted by molar-refractivity contribution is -0.172. The molecule has 0 radical (unpaired) electrons. The predicted molar refractivity (Wildman–Crippen MR) is 122 cm³/mol. The van der Waals surface area contributed by atoms with Crippen molar-refractivity contribution in [3.63, 3.8) is 0 Å². The molecular formula is C24H22N2O6S. The molecule has 2 aliphatic heterocycles. The molecule has 1 atom stereocenters. The maximum Gasteiger partial charge on any atom is 0.343 e. The van der Waals surface area contributed by atoms with Crippen LogP contribution in [0.2, 0.25) is 0 Å². The SMILES string of the molecule is CCOC(=O)CSc1cccc2nc3c(cc12)Cn1c-3cc2c(c1=O)COC(=O)[C@]2(O)CC. The van der Waals surface area contributed by atoms with Crippen LogP contribution in [0, 0.1) is 0 Å². The van der Waals surface area contributed by atoms with Gasteiger partial charge < -0.3 is 19.1 Å². The van der Waals surface area contributed by atoms with Crippen molar-refractivity contribution in [2.24, 2.45) is 0 Å². The standard InChI is InChI=1S/C24H22N2O6S/c1-3-24(30)16-9-18-21-13(10-26(18)22(28)15(16)11-32-23(24)29)8-14-17(25-21)6-5-7-19(14)33-12-20(27)31-4-2/h5-9,30H,3-4,10-12H2,1-2H3/t24-/m0/s1. The fraction of sp³-hybridized carbons (Fsp3) is 0.333. The van der Waals surface area contributed by atoms with Crippen LogP contribution in [0.25, 0.3) is 22.3 Å². The molecule has 1 aromatic carbocycles. The number of nitrogens with zero attached hydrogens (tertiary/aromatic N) is 2. The minimum atomic E-state index is -1.85. The number of carbonyl (C=O) groups excluding carboxylic acids is 2. The Bertz CT molecular complexity index is 1380. The second kappa shape index (κ2) is 8.00. The normalized spacial score (nSPS) is 18.5. The smallest absolute Gasteiger partial charge is 0.343 e. The van der Waals surface area contributed by atoms with Gasteiger partial charge in [-0.1, -0.05) is 13.0 Å². The fourth-order valence-corrected chi connectivity index (χ4v) is 5.29. The zero-order chi connectivity index (χ0) is 23.3. The Morgan fingerprint density at radius 1 is 1.30 bits per heavy atom. The third-order valence-corrected chi connectivity index (χ3v) is 7.21. The monoisotopic (exact) mass is 466 g/mol. The molecule has 33 heavy (non-hydrogen) atoms. The van der Waals surface area contributed by atoms with Gasteiger partial charge in [0, 0.05) is 21.4 Å². The highest BCUT2D eigenvalue weighted by Gasteiger charge is 2.45. The van der Waals surface area contributed by atoms with Gasteiger partial charge in [-0.3, -0.25) is 9.59 Å². The van der Waals surface area contributed by atoms with Gasteiger partial charge in [-0.05, 0) is 37.6 Å². The molecule has 0 spiro atoms. The number of rotatable bonds is 5. The van der Waals surface area contributed by atoms with E-state index in [1.54, 1.807) is 24.5 Å². The van der Waals surface area contributed by atoms with Crippen LogP contribution < -0.4 is 5.56 Å². The minimum Gasteiger partial charge on any atom is -0.465 e. The van der Waals surface area contributed by atoms with Crippen molar-refractivity contribution in [2.45, 2.75) is 43.9 Å². The molecule has 2 aliphatic rings. The number of thioether (sulfide) groups is 1. The van der Waals surface area contributed by atoms with Gasteiger partial charge in [0.05, 0.1) is 41.4 Å². The molecule has 0 unspecified atom stereocenters. The first-order valence-corrected chi connectivity index (χ1v) is 11.7. The molecular weight excluding hydrogens is 444 g/mol. The summed E-state index contributed by atoms with van der Waals surface area (Å²) in [6, 6.07) is 9.37. The van der Waals surface area contributed by atoms with Crippen molar-refractivity contribution in [1.29, 1.82) is 0 Å². The summed E-state index contributed by atoms with van der Waals surface area (Å²) in [6.45, 7) is 3.96. The van der Waals surface area contributed by atoms with E-state index in [9.17, 15) is 19.5 Å². The Labute approximate surface area is 193 Å². The zero-order valence-corrected chi connectivity index (χ0v) is 19.0. The van der Waals surface area contributed by atoms with E-state index < -0.39 is 11.6 Å². The maximum atomic E-state index is 13.3. The van der Waals surface area contributed by atoms with Crippen molar-refractivity contribution in [1.82, 2.24) is 9.55 Å². The van der Waals surface area contributed by atoms with Gasteiger partial charge in [-0.25, -0.2) is 9.78 Å². The average molecular weight is 467 g/mol. The lowest BCUT2D eigenvalue weighted by atomic mass is 9.86. The maximum absolute atomic E-state index is 13.3. The zero-order valence-electron chi connectivity index (χ0n) is 18.2. The molecule has 3 aromatic rings. The number of hydrogen-bond acceptors (Lipinski definition) is 8. The highest BCUT2D eigenvalue weighted by atomic mass is 32.2. The van der Waals surface area contributed by atoms with E-state index in [2.05, 4.69) is 0 Å². The van der Waals surface area contributed by atoms with E-state index in [1.807, 2.05) is 24.3 Å². The van der Waals surface area contributed by atoms with Crippen LogP contribution in [0.3, 0.4) is 0 Å². The number of benzene rings is 1. The van der Waals surface area contributed by atoms with Gasteiger partial charge in [0.15, 0.2) is 5.60 Å². The van der Waals surface area contributed by atoms with Crippen LogP contribution in [0.1, 0.15) is 37.0 Å². The van der Waals surface area contributed by atoms with Crippen LogP contribution >= 0.6 is 11.8 Å². The Morgan fingerprint density at radius 2 is 2.12 bits per heavy atom. The topological polar surface area (TPSA) is 108 Å². The van der Waals surface area contributed by atoms with Crippen LogP contribution in [0.15, 0.2) is 40.0 Å². The quantitative estimate of drug-likeness (QED) is 0.353. The van der Waals surface area contributed by atoms with Crippen molar-refractivity contribution in [2.75, 3.05) is 12.4 Å². The molecule has 2 aromatic heterocycles. The van der Waals surface area contributed by atoms with E-state index in [4.69, 9.17) is 14.5 Å². The number of hydrogen-bond donors (Lipinski definition) is 1. The molecule has 170 valence electrons. The number of esters is 2. The first-order chi connectivity index (χ1) is 15.9. The van der Waals surface area contributed by atoms with Gasteiger partial charge in [-0.15, -0.1) is 11.8 Å². The molecule has 4 heterocycles. The number of aliphatic hydroxyl groups is 1. The second-order valence-electron chi connectivity index (χ2n) is 8.02.